The Labute approximate surface area is 122 Å². The molecule has 120 valence electrons. The first-order valence-corrected chi connectivity index (χ1v) is 7.54. The topological polar surface area (TPSA) is 117 Å². The van der Waals surface area contributed by atoms with E-state index in [2.05, 4.69) is 0 Å². The van der Waals surface area contributed by atoms with E-state index in [4.69, 9.17) is 10.5 Å². The van der Waals surface area contributed by atoms with Crippen molar-refractivity contribution in [3.8, 4) is 0 Å². The zero-order valence-corrected chi connectivity index (χ0v) is 13.3. The second kappa shape index (κ2) is 6.52. The number of hydrogen-bond acceptors (Lipinski definition) is 6. The van der Waals surface area contributed by atoms with Gasteiger partial charge < -0.3 is 15.0 Å². The van der Waals surface area contributed by atoms with Crippen molar-refractivity contribution in [1.82, 2.24) is 13.4 Å². The fourth-order valence-electron chi connectivity index (χ4n) is 1.82. The van der Waals surface area contributed by atoms with Gasteiger partial charge in [0.15, 0.2) is 4.90 Å². The molecule has 1 aromatic heterocycles. The molecule has 0 bridgehead atoms. The lowest BCUT2D eigenvalue weighted by Gasteiger charge is -2.20. The number of aromatic nitrogens is 2. The van der Waals surface area contributed by atoms with Gasteiger partial charge in [-0.05, 0) is 0 Å². The maximum atomic E-state index is 12.4. The highest BCUT2D eigenvalue weighted by atomic mass is 32.2. The summed E-state index contributed by atoms with van der Waals surface area (Å²) in [5, 5.41) is 0. The van der Waals surface area contributed by atoms with E-state index in [-0.39, 0.29) is 13.2 Å². The van der Waals surface area contributed by atoms with E-state index >= 15 is 0 Å². The highest BCUT2D eigenvalue weighted by Crippen LogP contribution is 2.08. The van der Waals surface area contributed by atoms with Crippen LogP contribution in [-0.4, -0.2) is 55.2 Å². The fourth-order valence-corrected chi connectivity index (χ4v) is 3.19. The number of methoxy groups -OCH3 is 1. The van der Waals surface area contributed by atoms with Crippen LogP contribution >= 0.6 is 0 Å². The number of ether oxygens (including phenoxy) is 1. The van der Waals surface area contributed by atoms with Crippen LogP contribution in [-0.2, 0) is 28.9 Å². The Morgan fingerprint density at radius 2 is 1.95 bits per heavy atom. The van der Waals surface area contributed by atoms with Gasteiger partial charge >= 0.3 is 5.69 Å². The number of likely N-dealkylation sites (N-methyl/N-ethyl adjacent to an activating group) is 1. The maximum Gasteiger partial charge on any atom is 0.330 e. The molecular formula is C11H20N4O5S. The van der Waals surface area contributed by atoms with Crippen LogP contribution in [0.2, 0.25) is 0 Å². The summed E-state index contributed by atoms with van der Waals surface area (Å²) in [6.07, 6.45) is 1.01. The number of nitrogens with two attached hydrogens (primary N) is 1. The smallest absolute Gasteiger partial charge is 0.330 e. The molecule has 9 nitrogen and oxygen atoms in total. The predicted octanol–water partition coefficient (Wildman–Crippen LogP) is -2.32. The molecule has 0 radical (unpaired) electrons. The van der Waals surface area contributed by atoms with Crippen molar-refractivity contribution in [2.24, 2.45) is 19.8 Å². The van der Waals surface area contributed by atoms with Crippen LogP contribution in [0.3, 0.4) is 0 Å². The van der Waals surface area contributed by atoms with Crippen LogP contribution in [0.15, 0.2) is 20.7 Å². The lowest BCUT2D eigenvalue weighted by Crippen LogP contribution is -2.45. The summed E-state index contributed by atoms with van der Waals surface area (Å²) in [6, 6.07) is -0.522. The van der Waals surface area contributed by atoms with Crippen LogP contribution in [0, 0.1) is 0 Å². The molecule has 0 fully saturated rings. The molecule has 1 aromatic rings. The monoisotopic (exact) mass is 320 g/mol. The quantitative estimate of drug-likeness (QED) is 0.629. The average Bonchev–Trinajstić information content (AvgIpc) is 2.40. The second-order valence-corrected chi connectivity index (χ2v) is 6.77. The Kier molecular flexibility index (Phi) is 5.45. The summed E-state index contributed by atoms with van der Waals surface area (Å²) in [6.45, 7) is 0.174. The van der Waals surface area contributed by atoms with E-state index in [1.165, 1.54) is 28.3 Å². The van der Waals surface area contributed by atoms with Crippen LogP contribution < -0.4 is 17.0 Å². The number of hydrogen-bond donors (Lipinski definition) is 1. The van der Waals surface area contributed by atoms with Gasteiger partial charge in [0.2, 0.25) is 10.0 Å². The Balaban J connectivity index is 3.26. The number of nitrogens with zero attached hydrogens (tertiary/aromatic N) is 3. The summed E-state index contributed by atoms with van der Waals surface area (Å²) in [5.41, 5.74) is 4.24. The van der Waals surface area contributed by atoms with Crippen molar-refractivity contribution in [1.29, 1.82) is 0 Å². The molecule has 10 heteroatoms. The van der Waals surface area contributed by atoms with Crippen molar-refractivity contribution < 1.29 is 13.2 Å². The first-order chi connectivity index (χ1) is 9.62. The molecule has 1 unspecified atom stereocenters. The largest absolute Gasteiger partial charge is 0.383 e. The molecule has 0 aliphatic rings. The molecule has 2 N–H and O–H groups in total. The third-order valence-electron chi connectivity index (χ3n) is 2.98. The fraction of sp³-hybridized carbons (Fsp3) is 0.636. The molecule has 0 aromatic carbocycles. The minimum absolute atomic E-state index is 0.0117. The van der Waals surface area contributed by atoms with E-state index in [9.17, 15) is 18.0 Å². The van der Waals surface area contributed by atoms with Crippen molar-refractivity contribution in [3.05, 3.63) is 27.0 Å². The molecule has 0 saturated carbocycles. The van der Waals surface area contributed by atoms with Gasteiger partial charge in [0.1, 0.15) is 0 Å². The van der Waals surface area contributed by atoms with E-state index in [0.717, 1.165) is 19.6 Å². The van der Waals surface area contributed by atoms with Gasteiger partial charge in [-0.1, -0.05) is 0 Å². The highest BCUT2D eigenvalue weighted by molar-refractivity contribution is 7.89. The third-order valence-corrected chi connectivity index (χ3v) is 4.78. The van der Waals surface area contributed by atoms with E-state index in [0.29, 0.717) is 0 Å². The zero-order chi connectivity index (χ0) is 16.4. The van der Waals surface area contributed by atoms with Crippen LogP contribution in [0.1, 0.15) is 0 Å². The van der Waals surface area contributed by atoms with E-state index in [1.54, 1.807) is 0 Å². The van der Waals surface area contributed by atoms with Crippen molar-refractivity contribution >= 4 is 10.0 Å². The van der Waals surface area contributed by atoms with Gasteiger partial charge in [-0.3, -0.25) is 9.36 Å². The minimum atomic E-state index is -4.04. The van der Waals surface area contributed by atoms with E-state index in [1.807, 2.05) is 0 Å². The SMILES string of the molecule is COCC(N)CN(C)S(=O)(=O)c1cn(C)c(=O)n(C)c1=O. The Hall–Kier alpha value is -1.49. The first kappa shape index (κ1) is 17.6. The Morgan fingerprint density at radius 3 is 2.48 bits per heavy atom. The first-order valence-electron chi connectivity index (χ1n) is 6.10. The van der Waals surface area contributed by atoms with Gasteiger partial charge in [0.25, 0.3) is 5.56 Å². The number of aryl methyl sites for hydroxylation is 1. The number of rotatable bonds is 6. The van der Waals surface area contributed by atoms with Gasteiger partial charge in [-0.2, -0.15) is 4.31 Å². The third kappa shape index (κ3) is 3.59. The maximum absolute atomic E-state index is 12.4. The Morgan fingerprint density at radius 1 is 1.38 bits per heavy atom. The molecule has 0 amide bonds. The molecule has 1 rings (SSSR count). The molecule has 0 aliphatic heterocycles. The second-order valence-electron chi connectivity index (χ2n) is 4.75. The Bertz CT molecular complexity index is 721. The van der Waals surface area contributed by atoms with E-state index < -0.39 is 32.2 Å². The molecule has 1 heterocycles. The highest BCUT2D eigenvalue weighted by Gasteiger charge is 2.27. The molecular weight excluding hydrogens is 300 g/mol. The summed E-state index contributed by atoms with van der Waals surface area (Å²) in [5.74, 6) is 0. The molecule has 0 saturated heterocycles. The van der Waals surface area contributed by atoms with Gasteiger partial charge in [0.05, 0.1) is 6.61 Å². The van der Waals surface area contributed by atoms with Crippen LogP contribution in [0.4, 0.5) is 0 Å². The van der Waals surface area contributed by atoms with Crippen LogP contribution in [0.25, 0.3) is 0 Å². The number of sulfonamides is 1. The minimum Gasteiger partial charge on any atom is -0.383 e. The molecule has 21 heavy (non-hydrogen) atoms. The summed E-state index contributed by atoms with van der Waals surface area (Å²) in [4.78, 5) is 23.1. The summed E-state index contributed by atoms with van der Waals surface area (Å²) < 4.78 is 32.4. The standard InChI is InChI=1S/C11H20N4O5S/c1-13-6-9(10(16)15(3)11(13)17)21(18,19)14(2)5-8(12)7-20-4/h6,8H,5,7,12H2,1-4H3. The van der Waals surface area contributed by atoms with Gasteiger partial charge in [-0.15, -0.1) is 0 Å². The van der Waals surface area contributed by atoms with Crippen molar-refractivity contribution in [2.75, 3.05) is 27.3 Å². The lowest BCUT2D eigenvalue weighted by molar-refractivity contribution is 0.173. The molecule has 1 atom stereocenters. The molecule has 0 aliphatic carbocycles. The van der Waals surface area contributed by atoms with Gasteiger partial charge in [0, 0.05) is 47.0 Å². The van der Waals surface area contributed by atoms with Crippen LogP contribution in [0.5, 0.6) is 0 Å². The van der Waals surface area contributed by atoms with Crippen molar-refractivity contribution in [3.63, 3.8) is 0 Å². The lowest BCUT2D eigenvalue weighted by atomic mass is 10.3. The zero-order valence-electron chi connectivity index (χ0n) is 12.4. The summed E-state index contributed by atoms with van der Waals surface area (Å²) in [7, 11) is 1.33. The molecule has 0 spiro atoms. The van der Waals surface area contributed by atoms with Gasteiger partial charge in [-0.25, -0.2) is 13.2 Å². The average molecular weight is 320 g/mol. The predicted molar refractivity (Wildman–Crippen MR) is 76.6 cm³/mol. The van der Waals surface area contributed by atoms with Crippen molar-refractivity contribution in [2.45, 2.75) is 10.9 Å². The summed E-state index contributed by atoms with van der Waals surface area (Å²) >= 11 is 0. The normalized spacial score (nSPS) is 13.6.